The zero-order chi connectivity index (χ0) is 8.60. The lowest BCUT2D eigenvalue weighted by Gasteiger charge is -2.24. The van der Waals surface area contributed by atoms with Gasteiger partial charge in [-0.2, -0.15) is 0 Å². The number of nitrogens with zero attached hydrogens (tertiary/aromatic N) is 1. The van der Waals surface area contributed by atoms with E-state index in [2.05, 4.69) is 11.1 Å². The lowest BCUT2D eigenvalue weighted by Crippen LogP contribution is -2.51. The molecule has 0 unspecified atom stereocenters. The summed E-state index contributed by atoms with van der Waals surface area (Å²) in [6, 6.07) is 8.68. The minimum absolute atomic E-state index is 0.591. The summed E-state index contributed by atoms with van der Waals surface area (Å²) in [4.78, 5) is 4.01. The van der Waals surface area contributed by atoms with E-state index < -0.39 is 5.79 Å². The summed E-state index contributed by atoms with van der Waals surface area (Å²) in [5, 5.41) is 0. The minimum Gasteiger partial charge on any atom is -0.295 e. The van der Waals surface area contributed by atoms with Crippen molar-refractivity contribution in [2.45, 2.75) is 12.2 Å². The Morgan fingerprint density at radius 1 is 1.50 bits per heavy atom. The van der Waals surface area contributed by atoms with E-state index >= 15 is 0 Å². The average Bonchev–Trinajstić information content (AvgIpc) is 2.02. The molecule has 4 N–H and O–H groups in total. The van der Waals surface area contributed by atoms with Gasteiger partial charge in [-0.25, -0.2) is 0 Å². The predicted molar refractivity (Wildman–Crippen MR) is 47.7 cm³/mol. The fourth-order valence-electron chi connectivity index (χ4n) is 1.30. The molecule has 0 saturated heterocycles. The first kappa shape index (κ1) is 7.46. The van der Waals surface area contributed by atoms with Crippen LogP contribution in [0, 0.1) is 6.07 Å². The van der Waals surface area contributed by atoms with Gasteiger partial charge in [-0.15, -0.1) is 0 Å². The highest BCUT2D eigenvalue weighted by molar-refractivity contribution is 5.83. The van der Waals surface area contributed by atoms with Gasteiger partial charge in [-0.1, -0.05) is 12.1 Å². The highest BCUT2D eigenvalue weighted by Crippen LogP contribution is 2.16. The molecule has 0 spiro atoms. The van der Waals surface area contributed by atoms with Crippen LogP contribution >= 0.6 is 0 Å². The quantitative estimate of drug-likeness (QED) is 0.526. The van der Waals surface area contributed by atoms with Crippen molar-refractivity contribution >= 4 is 6.21 Å². The number of rotatable bonds is 0. The van der Waals surface area contributed by atoms with Crippen LogP contribution in [-0.4, -0.2) is 12.0 Å². The van der Waals surface area contributed by atoms with Crippen molar-refractivity contribution in [1.29, 1.82) is 0 Å². The maximum absolute atomic E-state index is 5.66. The third kappa shape index (κ3) is 1.24. The predicted octanol–water partition coefficient (Wildman–Crippen LogP) is 0.0330. The van der Waals surface area contributed by atoms with Crippen molar-refractivity contribution in [3.05, 3.63) is 35.4 Å². The summed E-state index contributed by atoms with van der Waals surface area (Å²) in [6.45, 7) is 0. The number of fused-ring (bicyclic) bond motifs is 1. The summed E-state index contributed by atoms with van der Waals surface area (Å²) >= 11 is 0. The van der Waals surface area contributed by atoms with Gasteiger partial charge in [0.25, 0.3) is 0 Å². The number of benzene rings is 1. The van der Waals surface area contributed by atoms with Crippen molar-refractivity contribution in [2.75, 3.05) is 0 Å². The molecule has 0 bridgehead atoms. The lowest BCUT2D eigenvalue weighted by atomic mass is 9.99. The Hall–Kier alpha value is -1.19. The molecule has 0 fully saturated rings. The number of hydrogen-bond acceptors (Lipinski definition) is 3. The molecule has 0 atom stereocenters. The van der Waals surface area contributed by atoms with Gasteiger partial charge in [0, 0.05) is 12.6 Å². The van der Waals surface area contributed by atoms with Crippen molar-refractivity contribution in [3.8, 4) is 0 Å². The fraction of sp³-hybridized carbons (Fsp3) is 0.222. The van der Waals surface area contributed by atoms with E-state index in [0.29, 0.717) is 6.42 Å². The molecule has 1 aromatic carbocycles. The van der Waals surface area contributed by atoms with Gasteiger partial charge in [0.2, 0.25) is 0 Å². The molecule has 1 aromatic rings. The highest BCUT2D eigenvalue weighted by atomic mass is 15.2. The van der Waals surface area contributed by atoms with Crippen LogP contribution in [0.25, 0.3) is 0 Å². The summed E-state index contributed by atoms with van der Waals surface area (Å²) in [5.74, 6) is -0.922. The van der Waals surface area contributed by atoms with Gasteiger partial charge in [0.15, 0.2) is 5.79 Å². The Morgan fingerprint density at radius 3 is 3.17 bits per heavy atom. The van der Waals surface area contributed by atoms with Gasteiger partial charge in [-0.3, -0.25) is 16.5 Å². The van der Waals surface area contributed by atoms with E-state index in [0.717, 1.165) is 11.1 Å². The standard InChI is InChI=1S/C9H10N3/c10-9(11)5-7-3-1-2-4-8(7)6-12-9/h1,3-4,6H,5,10-11H2. The normalized spacial score (nSPS) is 18.8. The molecule has 0 aliphatic carbocycles. The third-order valence-corrected chi connectivity index (χ3v) is 1.91. The Morgan fingerprint density at radius 2 is 2.33 bits per heavy atom. The maximum atomic E-state index is 5.66. The first-order chi connectivity index (χ1) is 5.67. The molecule has 2 rings (SSSR count). The van der Waals surface area contributed by atoms with Crippen molar-refractivity contribution in [2.24, 2.45) is 16.5 Å². The van der Waals surface area contributed by atoms with Gasteiger partial charge in [0.05, 0.1) is 0 Å². The molecular weight excluding hydrogens is 150 g/mol. The van der Waals surface area contributed by atoms with Gasteiger partial charge < -0.3 is 0 Å². The summed E-state index contributed by atoms with van der Waals surface area (Å²) in [5.41, 5.74) is 13.5. The summed E-state index contributed by atoms with van der Waals surface area (Å²) in [6.07, 6.45) is 2.29. The van der Waals surface area contributed by atoms with E-state index in [1.54, 1.807) is 6.21 Å². The largest absolute Gasteiger partial charge is 0.295 e. The second-order valence-corrected chi connectivity index (χ2v) is 3.05. The zero-order valence-corrected chi connectivity index (χ0v) is 6.62. The molecule has 61 valence electrons. The lowest BCUT2D eigenvalue weighted by molar-refractivity contribution is 0.459. The fourth-order valence-corrected chi connectivity index (χ4v) is 1.30. The molecule has 1 heterocycles. The van der Waals surface area contributed by atoms with E-state index in [4.69, 9.17) is 11.5 Å². The molecule has 1 radical (unpaired) electrons. The molecule has 3 heteroatoms. The molecule has 12 heavy (non-hydrogen) atoms. The van der Waals surface area contributed by atoms with Crippen LogP contribution in [0.2, 0.25) is 0 Å². The van der Waals surface area contributed by atoms with Crippen molar-refractivity contribution in [1.82, 2.24) is 0 Å². The Bertz CT molecular complexity index is 328. The summed E-state index contributed by atoms with van der Waals surface area (Å²) in [7, 11) is 0. The van der Waals surface area contributed by atoms with Crippen LogP contribution in [0.1, 0.15) is 11.1 Å². The maximum Gasteiger partial charge on any atom is 0.163 e. The minimum atomic E-state index is -0.922. The van der Waals surface area contributed by atoms with Crippen LogP contribution in [0.3, 0.4) is 0 Å². The van der Waals surface area contributed by atoms with Crippen LogP contribution in [-0.2, 0) is 6.42 Å². The highest BCUT2D eigenvalue weighted by Gasteiger charge is 2.22. The molecule has 0 aromatic heterocycles. The van der Waals surface area contributed by atoms with Gasteiger partial charge in [-0.05, 0) is 23.3 Å². The molecule has 1 aliphatic heterocycles. The smallest absolute Gasteiger partial charge is 0.163 e. The molecule has 0 saturated carbocycles. The van der Waals surface area contributed by atoms with E-state index in [9.17, 15) is 0 Å². The first-order valence-electron chi connectivity index (χ1n) is 3.79. The number of aliphatic imine (C=N–C) groups is 1. The number of hydrogen-bond donors (Lipinski definition) is 2. The second kappa shape index (κ2) is 2.40. The van der Waals surface area contributed by atoms with Crippen molar-refractivity contribution in [3.63, 3.8) is 0 Å². The second-order valence-electron chi connectivity index (χ2n) is 3.05. The monoisotopic (exact) mass is 160 g/mol. The SMILES string of the molecule is NC1(N)Cc2cc[c]cc2C=N1. The first-order valence-corrected chi connectivity index (χ1v) is 3.79. The van der Waals surface area contributed by atoms with Gasteiger partial charge in [0.1, 0.15) is 0 Å². The Kier molecular flexibility index (Phi) is 1.49. The Balaban J connectivity index is 2.46. The topological polar surface area (TPSA) is 64.4 Å². The molecule has 1 aliphatic rings. The average molecular weight is 160 g/mol. The van der Waals surface area contributed by atoms with E-state index in [1.807, 2.05) is 18.2 Å². The third-order valence-electron chi connectivity index (χ3n) is 1.91. The van der Waals surface area contributed by atoms with E-state index in [-0.39, 0.29) is 0 Å². The van der Waals surface area contributed by atoms with Crippen LogP contribution in [0.15, 0.2) is 23.2 Å². The van der Waals surface area contributed by atoms with Gasteiger partial charge >= 0.3 is 0 Å². The zero-order valence-electron chi connectivity index (χ0n) is 6.62. The van der Waals surface area contributed by atoms with Crippen LogP contribution < -0.4 is 11.5 Å². The molecule has 3 nitrogen and oxygen atoms in total. The van der Waals surface area contributed by atoms with Crippen molar-refractivity contribution < 1.29 is 0 Å². The number of nitrogens with two attached hydrogens (primary N) is 2. The molecular formula is C9H10N3. The van der Waals surface area contributed by atoms with Crippen LogP contribution in [0.4, 0.5) is 0 Å². The Labute approximate surface area is 71.1 Å². The summed E-state index contributed by atoms with van der Waals surface area (Å²) < 4.78 is 0. The van der Waals surface area contributed by atoms with E-state index in [1.165, 1.54) is 0 Å². The molecule has 0 amide bonds. The van der Waals surface area contributed by atoms with Crippen LogP contribution in [0.5, 0.6) is 0 Å².